The lowest BCUT2D eigenvalue weighted by molar-refractivity contribution is 0.385. The molecule has 2 aromatic rings. The van der Waals surface area contributed by atoms with Crippen molar-refractivity contribution < 1.29 is 9.47 Å². The average molecular weight is 324 g/mol. The smallest absolute Gasteiger partial charge is 0.141 e. The maximum Gasteiger partial charge on any atom is 0.141 e. The van der Waals surface area contributed by atoms with Gasteiger partial charge in [-0.2, -0.15) is 0 Å². The van der Waals surface area contributed by atoms with E-state index in [9.17, 15) is 0 Å². The second-order valence-electron chi connectivity index (χ2n) is 3.85. The van der Waals surface area contributed by atoms with Crippen molar-refractivity contribution in [1.29, 1.82) is 0 Å². The zero-order valence-corrected chi connectivity index (χ0v) is 12.2. The maximum atomic E-state index is 6.23. The first-order valence-corrected chi connectivity index (χ1v) is 6.39. The molecule has 1 aromatic heterocycles. The molecule has 2 rings (SSSR count). The van der Waals surface area contributed by atoms with E-state index in [0.717, 1.165) is 15.6 Å². The van der Waals surface area contributed by atoms with E-state index < -0.39 is 0 Å². The predicted octanol–water partition coefficient (Wildman–Crippen LogP) is 2.30. The molecule has 0 amide bonds. The Hall–Kier alpha value is -1.66. The molecule has 1 atom stereocenters. The van der Waals surface area contributed by atoms with Crippen LogP contribution in [0.25, 0.3) is 0 Å². The van der Waals surface area contributed by atoms with E-state index in [0.29, 0.717) is 11.5 Å². The minimum Gasteiger partial charge on any atom is -0.495 e. The molecular weight excluding hydrogens is 310 g/mol. The van der Waals surface area contributed by atoms with Crippen LogP contribution in [0.2, 0.25) is 0 Å². The maximum absolute atomic E-state index is 6.23. The van der Waals surface area contributed by atoms with Gasteiger partial charge in [0, 0.05) is 23.5 Å². The summed E-state index contributed by atoms with van der Waals surface area (Å²) in [5, 5.41) is 0. The molecule has 6 heteroatoms. The fraction of sp³-hybridized carbons (Fsp3) is 0.231. The fourth-order valence-electron chi connectivity index (χ4n) is 1.81. The molecule has 0 saturated heterocycles. The van der Waals surface area contributed by atoms with Gasteiger partial charge < -0.3 is 15.2 Å². The zero-order chi connectivity index (χ0) is 13.8. The lowest BCUT2D eigenvalue weighted by Gasteiger charge is -2.18. The van der Waals surface area contributed by atoms with Crippen LogP contribution in [0.4, 0.5) is 0 Å². The van der Waals surface area contributed by atoms with Crippen LogP contribution in [-0.2, 0) is 0 Å². The number of nitrogens with two attached hydrogens (primary N) is 1. The number of ether oxygens (including phenoxy) is 2. The predicted molar refractivity (Wildman–Crippen MR) is 75.3 cm³/mol. The van der Waals surface area contributed by atoms with Gasteiger partial charge in [0.2, 0.25) is 0 Å². The van der Waals surface area contributed by atoms with Crippen LogP contribution in [0.15, 0.2) is 35.3 Å². The zero-order valence-electron chi connectivity index (χ0n) is 10.6. The Morgan fingerprint density at radius 1 is 1.16 bits per heavy atom. The molecule has 0 radical (unpaired) electrons. The van der Waals surface area contributed by atoms with Crippen molar-refractivity contribution in [3.05, 3.63) is 46.5 Å². The van der Waals surface area contributed by atoms with Gasteiger partial charge in [-0.1, -0.05) is 0 Å². The number of methoxy groups -OCH3 is 2. The van der Waals surface area contributed by atoms with Gasteiger partial charge in [-0.25, -0.2) is 9.97 Å². The van der Waals surface area contributed by atoms with E-state index in [1.165, 1.54) is 6.33 Å². The molecule has 1 unspecified atom stereocenters. The van der Waals surface area contributed by atoms with E-state index in [2.05, 4.69) is 25.9 Å². The van der Waals surface area contributed by atoms with Gasteiger partial charge in [0.05, 0.1) is 20.3 Å². The molecule has 0 aliphatic rings. The Labute approximate surface area is 119 Å². The highest BCUT2D eigenvalue weighted by Crippen LogP contribution is 2.40. The standard InChI is InChI=1S/C13H14BrN3O2/c1-18-10-4-3-9(13(19-2)11(10)14)12(15)8-5-16-7-17-6-8/h3-7,12H,15H2,1-2H3. The summed E-state index contributed by atoms with van der Waals surface area (Å²) in [6.45, 7) is 0. The van der Waals surface area contributed by atoms with Gasteiger partial charge in [-0.15, -0.1) is 0 Å². The molecule has 5 nitrogen and oxygen atoms in total. The molecular formula is C13H14BrN3O2. The number of aromatic nitrogens is 2. The highest BCUT2D eigenvalue weighted by Gasteiger charge is 2.19. The SMILES string of the molecule is COc1ccc(C(N)c2cncnc2)c(OC)c1Br. The Kier molecular flexibility index (Phi) is 4.34. The number of hydrogen-bond donors (Lipinski definition) is 1. The lowest BCUT2D eigenvalue weighted by atomic mass is 10.0. The molecule has 0 saturated carbocycles. The van der Waals surface area contributed by atoms with Crippen molar-refractivity contribution in [2.75, 3.05) is 14.2 Å². The van der Waals surface area contributed by atoms with Crippen molar-refractivity contribution in [3.63, 3.8) is 0 Å². The van der Waals surface area contributed by atoms with E-state index >= 15 is 0 Å². The molecule has 0 fully saturated rings. The number of hydrogen-bond acceptors (Lipinski definition) is 5. The van der Waals surface area contributed by atoms with Gasteiger partial charge in [0.15, 0.2) is 0 Å². The molecule has 0 bridgehead atoms. The number of benzene rings is 1. The monoisotopic (exact) mass is 323 g/mol. The Morgan fingerprint density at radius 3 is 2.42 bits per heavy atom. The first-order chi connectivity index (χ1) is 9.19. The van der Waals surface area contributed by atoms with Crippen LogP contribution in [0.1, 0.15) is 17.2 Å². The third kappa shape index (κ3) is 2.69. The highest BCUT2D eigenvalue weighted by atomic mass is 79.9. The summed E-state index contributed by atoms with van der Waals surface area (Å²) < 4.78 is 11.4. The molecule has 0 aliphatic carbocycles. The minimum atomic E-state index is -0.363. The molecule has 0 aliphatic heterocycles. The summed E-state index contributed by atoms with van der Waals surface area (Å²) in [5.41, 5.74) is 7.89. The summed E-state index contributed by atoms with van der Waals surface area (Å²) in [6.07, 6.45) is 4.85. The quantitative estimate of drug-likeness (QED) is 0.934. The van der Waals surface area contributed by atoms with Gasteiger partial charge in [0.1, 0.15) is 22.3 Å². The third-order valence-corrected chi connectivity index (χ3v) is 3.54. The van der Waals surface area contributed by atoms with Crippen molar-refractivity contribution in [2.45, 2.75) is 6.04 Å². The van der Waals surface area contributed by atoms with Crippen molar-refractivity contribution in [1.82, 2.24) is 9.97 Å². The minimum absolute atomic E-state index is 0.363. The van der Waals surface area contributed by atoms with E-state index in [1.54, 1.807) is 26.6 Å². The largest absolute Gasteiger partial charge is 0.495 e. The first-order valence-electron chi connectivity index (χ1n) is 5.60. The van der Waals surface area contributed by atoms with E-state index in [1.807, 2.05) is 12.1 Å². The lowest BCUT2D eigenvalue weighted by Crippen LogP contribution is -2.14. The van der Waals surface area contributed by atoms with Crippen LogP contribution in [0, 0.1) is 0 Å². The highest BCUT2D eigenvalue weighted by molar-refractivity contribution is 9.10. The van der Waals surface area contributed by atoms with Gasteiger partial charge in [0.25, 0.3) is 0 Å². The summed E-state index contributed by atoms with van der Waals surface area (Å²) in [4.78, 5) is 7.95. The second-order valence-corrected chi connectivity index (χ2v) is 4.65. The topological polar surface area (TPSA) is 70.3 Å². The van der Waals surface area contributed by atoms with Crippen LogP contribution in [0.3, 0.4) is 0 Å². The molecule has 0 spiro atoms. The fourth-order valence-corrected chi connectivity index (χ4v) is 2.50. The summed E-state index contributed by atoms with van der Waals surface area (Å²) in [5.74, 6) is 1.34. The summed E-state index contributed by atoms with van der Waals surface area (Å²) >= 11 is 3.46. The first kappa shape index (κ1) is 13.8. The number of nitrogens with zero attached hydrogens (tertiary/aromatic N) is 2. The number of rotatable bonds is 4. The van der Waals surface area contributed by atoms with Crippen LogP contribution < -0.4 is 15.2 Å². The average Bonchev–Trinajstić information content (AvgIpc) is 2.47. The number of halogens is 1. The Bertz CT molecular complexity index is 563. The third-order valence-electron chi connectivity index (χ3n) is 2.79. The van der Waals surface area contributed by atoms with Crippen LogP contribution in [0.5, 0.6) is 11.5 Å². The summed E-state index contributed by atoms with van der Waals surface area (Å²) in [7, 11) is 3.20. The van der Waals surface area contributed by atoms with Crippen LogP contribution in [-0.4, -0.2) is 24.2 Å². The second kappa shape index (κ2) is 5.99. The van der Waals surface area contributed by atoms with Crippen LogP contribution >= 0.6 is 15.9 Å². The van der Waals surface area contributed by atoms with Crippen molar-refractivity contribution in [3.8, 4) is 11.5 Å². The Morgan fingerprint density at radius 2 is 1.84 bits per heavy atom. The molecule has 1 heterocycles. The van der Waals surface area contributed by atoms with E-state index in [4.69, 9.17) is 15.2 Å². The molecule has 19 heavy (non-hydrogen) atoms. The molecule has 1 aromatic carbocycles. The van der Waals surface area contributed by atoms with Gasteiger partial charge in [-0.05, 0) is 28.1 Å². The van der Waals surface area contributed by atoms with E-state index in [-0.39, 0.29) is 6.04 Å². The molecule has 100 valence electrons. The van der Waals surface area contributed by atoms with Gasteiger partial charge in [-0.3, -0.25) is 0 Å². The van der Waals surface area contributed by atoms with Crippen molar-refractivity contribution in [2.24, 2.45) is 5.73 Å². The normalized spacial score (nSPS) is 12.0. The summed E-state index contributed by atoms with van der Waals surface area (Å²) in [6, 6.07) is 3.35. The molecule has 2 N–H and O–H groups in total. The van der Waals surface area contributed by atoms with Gasteiger partial charge >= 0.3 is 0 Å². The Balaban J connectivity index is 2.48. The van der Waals surface area contributed by atoms with Crippen molar-refractivity contribution >= 4 is 15.9 Å².